The number of carbonyl (C=O) groups is 1. The van der Waals surface area contributed by atoms with Gasteiger partial charge in [0.05, 0.1) is 43.7 Å². The number of benzene rings is 2. The van der Waals surface area contributed by atoms with Gasteiger partial charge in [-0.15, -0.1) is 0 Å². The van der Waals surface area contributed by atoms with Crippen LogP contribution in [0.2, 0.25) is 5.02 Å². The first-order chi connectivity index (χ1) is 15.1. The van der Waals surface area contributed by atoms with Crippen molar-refractivity contribution in [3.05, 3.63) is 77.6 Å². The van der Waals surface area contributed by atoms with Gasteiger partial charge < -0.3 is 19.5 Å². The first kappa shape index (κ1) is 21.0. The van der Waals surface area contributed by atoms with Crippen molar-refractivity contribution in [1.82, 2.24) is 4.98 Å². The normalized spacial score (nSPS) is 19.4. The summed E-state index contributed by atoms with van der Waals surface area (Å²) in [4.78, 5) is 17.0. The van der Waals surface area contributed by atoms with Crippen molar-refractivity contribution < 1.29 is 19.0 Å². The van der Waals surface area contributed by atoms with Crippen LogP contribution in [-0.2, 0) is 10.2 Å². The Morgan fingerprint density at radius 3 is 2.58 bits per heavy atom. The molecule has 0 saturated heterocycles. The number of carbonyl (C=O) groups excluding carboxylic acids is 1. The third kappa shape index (κ3) is 4.44. The highest BCUT2D eigenvalue weighted by atomic mass is 35.5. The number of aromatic nitrogens is 1. The van der Waals surface area contributed by atoms with Crippen LogP contribution < -0.4 is 19.5 Å². The lowest BCUT2D eigenvalue weighted by Crippen LogP contribution is -2.26. The van der Waals surface area contributed by atoms with E-state index in [1.807, 2.05) is 36.4 Å². The molecule has 31 heavy (non-hydrogen) atoms. The maximum Gasteiger partial charge on any atom is 0.228 e. The molecule has 1 aliphatic rings. The predicted molar refractivity (Wildman–Crippen MR) is 119 cm³/mol. The molecule has 1 N–H and O–H groups in total. The highest BCUT2D eigenvalue weighted by molar-refractivity contribution is 6.30. The van der Waals surface area contributed by atoms with Crippen LogP contribution in [-0.4, -0.2) is 31.7 Å². The average Bonchev–Trinajstić information content (AvgIpc) is 3.54. The molecule has 1 saturated carbocycles. The number of amides is 1. The Bertz CT molecular complexity index is 1080. The standard InChI is InChI=1S/C24H23ClN2O4/c1-29-21-9-8-19(11-22(21)30-2)31-15-24(16-6-4-3-5-7-16)12-20(24)23(28)27-18-10-17(25)13-26-14-18/h3-11,13-14,20H,12,15H2,1-2H3,(H,27,28). The van der Waals surface area contributed by atoms with Crippen LogP contribution in [0, 0.1) is 5.92 Å². The lowest BCUT2D eigenvalue weighted by atomic mass is 9.93. The lowest BCUT2D eigenvalue weighted by Gasteiger charge is -2.20. The van der Waals surface area contributed by atoms with Crippen molar-refractivity contribution in [2.24, 2.45) is 5.92 Å². The largest absolute Gasteiger partial charge is 0.493 e. The Morgan fingerprint density at radius 1 is 1.10 bits per heavy atom. The summed E-state index contributed by atoms with van der Waals surface area (Å²) in [6.45, 7) is 0.360. The third-order valence-electron chi connectivity index (χ3n) is 5.56. The SMILES string of the molecule is COc1ccc(OCC2(c3ccccc3)CC2C(=O)Nc2cncc(Cl)c2)cc1OC. The smallest absolute Gasteiger partial charge is 0.228 e. The van der Waals surface area contributed by atoms with E-state index in [0.717, 1.165) is 5.56 Å². The average molecular weight is 439 g/mol. The Balaban J connectivity index is 1.53. The summed E-state index contributed by atoms with van der Waals surface area (Å²) in [5.41, 5.74) is 1.23. The molecule has 0 radical (unpaired) electrons. The Morgan fingerprint density at radius 2 is 1.87 bits per heavy atom. The van der Waals surface area contributed by atoms with Crippen LogP contribution >= 0.6 is 11.6 Å². The van der Waals surface area contributed by atoms with Gasteiger partial charge in [0.2, 0.25) is 5.91 Å². The van der Waals surface area contributed by atoms with E-state index in [4.69, 9.17) is 25.8 Å². The molecule has 0 bridgehead atoms. The van der Waals surface area contributed by atoms with Crippen molar-refractivity contribution in [3.63, 3.8) is 0 Å². The molecule has 160 valence electrons. The summed E-state index contributed by atoms with van der Waals surface area (Å²) in [5, 5.41) is 3.39. The molecular formula is C24H23ClN2O4. The van der Waals surface area contributed by atoms with Gasteiger partial charge in [0.15, 0.2) is 11.5 Å². The zero-order valence-corrected chi connectivity index (χ0v) is 18.1. The summed E-state index contributed by atoms with van der Waals surface area (Å²) in [6.07, 6.45) is 3.79. The predicted octanol–water partition coefficient (Wildman–Crippen LogP) is 4.73. The highest BCUT2D eigenvalue weighted by Gasteiger charge is 2.60. The topological polar surface area (TPSA) is 69.7 Å². The van der Waals surface area contributed by atoms with E-state index < -0.39 is 5.41 Å². The molecule has 0 spiro atoms. The minimum atomic E-state index is -0.412. The second-order valence-corrected chi connectivity index (χ2v) is 7.90. The van der Waals surface area contributed by atoms with E-state index in [2.05, 4.69) is 10.3 Å². The van der Waals surface area contributed by atoms with Crippen LogP contribution in [0.15, 0.2) is 67.0 Å². The zero-order chi connectivity index (χ0) is 21.8. The maximum atomic E-state index is 13.0. The van der Waals surface area contributed by atoms with Crippen LogP contribution in [0.3, 0.4) is 0 Å². The van der Waals surface area contributed by atoms with Gasteiger partial charge in [-0.2, -0.15) is 0 Å². The summed E-state index contributed by atoms with van der Waals surface area (Å²) in [7, 11) is 3.17. The molecule has 0 aliphatic heterocycles. The van der Waals surface area contributed by atoms with Gasteiger partial charge in [0.1, 0.15) is 5.75 Å². The van der Waals surface area contributed by atoms with Gasteiger partial charge in [-0.3, -0.25) is 9.78 Å². The van der Waals surface area contributed by atoms with Crippen molar-refractivity contribution in [2.75, 3.05) is 26.1 Å². The number of ether oxygens (including phenoxy) is 3. The van der Waals surface area contributed by atoms with Crippen molar-refractivity contribution in [3.8, 4) is 17.2 Å². The quantitative estimate of drug-likeness (QED) is 0.550. The van der Waals surface area contributed by atoms with Crippen LogP contribution in [0.1, 0.15) is 12.0 Å². The molecule has 1 aromatic heterocycles. The number of halogens is 1. The molecule has 1 heterocycles. The van der Waals surface area contributed by atoms with Crippen LogP contribution in [0.5, 0.6) is 17.2 Å². The summed E-state index contributed by atoms with van der Waals surface area (Å²) in [6, 6.07) is 17.1. The van der Waals surface area contributed by atoms with Gasteiger partial charge in [-0.05, 0) is 30.2 Å². The Labute approximate surface area is 186 Å². The van der Waals surface area contributed by atoms with E-state index in [9.17, 15) is 4.79 Å². The van der Waals surface area contributed by atoms with Gasteiger partial charge in [-0.25, -0.2) is 0 Å². The van der Waals surface area contributed by atoms with Crippen LogP contribution in [0.25, 0.3) is 0 Å². The first-order valence-corrected chi connectivity index (χ1v) is 10.3. The molecule has 2 aromatic carbocycles. The number of nitrogens with one attached hydrogen (secondary N) is 1. The van der Waals surface area contributed by atoms with Crippen LogP contribution in [0.4, 0.5) is 5.69 Å². The minimum Gasteiger partial charge on any atom is -0.493 e. The molecule has 2 atom stereocenters. The number of methoxy groups -OCH3 is 2. The summed E-state index contributed by atoms with van der Waals surface area (Å²) in [5.74, 6) is 1.56. The number of hydrogen-bond donors (Lipinski definition) is 1. The van der Waals surface area contributed by atoms with Gasteiger partial charge in [-0.1, -0.05) is 41.9 Å². The Hall–Kier alpha value is -3.25. The van der Waals surface area contributed by atoms with Crippen molar-refractivity contribution in [2.45, 2.75) is 11.8 Å². The number of nitrogens with zero attached hydrogens (tertiary/aromatic N) is 1. The zero-order valence-electron chi connectivity index (χ0n) is 17.3. The second-order valence-electron chi connectivity index (χ2n) is 7.47. The second kappa shape index (κ2) is 8.86. The molecule has 7 heteroatoms. The number of pyridine rings is 1. The van der Waals surface area contributed by atoms with E-state index in [0.29, 0.717) is 41.0 Å². The van der Waals surface area contributed by atoms with Gasteiger partial charge in [0.25, 0.3) is 0 Å². The molecule has 1 amide bonds. The number of anilines is 1. The molecule has 3 aromatic rings. The van der Waals surface area contributed by atoms with E-state index in [-0.39, 0.29) is 11.8 Å². The summed E-state index contributed by atoms with van der Waals surface area (Å²) >= 11 is 5.99. The fraction of sp³-hybridized carbons (Fsp3) is 0.250. The first-order valence-electron chi connectivity index (χ1n) is 9.87. The maximum absolute atomic E-state index is 13.0. The van der Waals surface area contributed by atoms with Crippen molar-refractivity contribution >= 4 is 23.2 Å². The van der Waals surface area contributed by atoms with E-state index in [1.54, 1.807) is 38.6 Å². The fourth-order valence-electron chi connectivity index (χ4n) is 3.81. The molecule has 1 fully saturated rings. The molecule has 2 unspecified atom stereocenters. The van der Waals surface area contributed by atoms with Crippen molar-refractivity contribution in [1.29, 1.82) is 0 Å². The monoisotopic (exact) mass is 438 g/mol. The van der Waals surface area contributed by atoms with E-state index in [1.165, 1.54) is 6.20 Å². The molecule has 6 nitrogen and oxygen atoms in total. The Kier molecular flexibility index (Phi) is 6.00. The number of rotatable bonds is 8. The number of hydrogen-bond acceptors (Lipinski definition) is 5. The lowest BCUT2D eigenvalue weighted by molar-refractivity contribution is -0.117. The molecular weight excluding hydrogens is 416 g/mol. The molecule has 4 rings (SSSR count). The highest BCUT2D eigenvalue weighted by Crippen LogP contribution is 2.55. The third-order valence-corrected chi connectivity index (χ3v) is 5.77. The fourth-order valence-corrected chi connectivity index (χ4v) is 3.98. The molecule has 1 aliphatic carbocycles. The summed E-state index contributed by atoms with van der Waals surface area (Å²) < 4.78 is 16.8. The van der Waals surface area contributed by atoms with Gasteiger partial charge in [0, 0.05) is 17.7 Å². The van der Waals surface area contributed by atoms with E-state index >= 15 is 0 Å². The van der Waals surface area contributed by atoms with Gasteiger partial charge >= 0.3 is 0 Å². The minimum absolute atomic E-state index is 0.0798.